The van der Waals surface area contributed by atoms with Crippen molar-refractivity contribution in [3.63, 3.8) is 0 Å². The number of esters is 1. The van der Waals surface area contributed by atoms with Crippen molar-refractivity contribution in [1.82, 2.24) is 14.8 Å². The molecule has 1 unspecified atom stereocenters. The Hall–Kier alpha value is -3.13. The van der Waals surface area contributed by atoms with Gasteiger partial charge >= 0.3 is 5.97 Å². The molecule has 7 nitrogen and oxygen atoms in total. The molecule has 0 fully saturated rings. The summed E-state index contributed by atoms with van der Waals surface area (Å²) in [6.45, 7) is 4.44. The fraction of sp³-hybridized carbons (Fsp3) is 0.227. The van der Waals surface area contributed by atoms with Gasteiger partial charge in [-0.1, -0.05) is 46.3 Å². The van der Waals surface area contributed by atoms with E-state index in [9.17, 15) is 4.79 Å². The Morgan fingerprint density at radius 3 is 2.80 bits per heavy atom. The molecule has 0 amide bonds. The lowest BCUT2D eigenvalue weighted by molar-refractivity contribution is -0.140. The molecule has 1 aromatic heterocycles. The second kappa shape index (κ2) is 8.71. The van der Waals surface area contributed by atoms with Gasteiger partial charge in [0.05, 0.1) is 12.2 Å². The number of anilines is 1. The average Bonchev–Trinajstić information content (AvgIpc) is 3.21. The van der Waals surface area contributed by atoms with E-state index in [1.807, 2.05) is 62.4 Å². The van der Waals surface area contributed by atoms with Gasteiger partial charge in [0.25, 0.3) is 0 Å². The van der Waals surface area contributed by atoms with Crippen LogP contribution in [0.3, 0.4) is 0 Å². The van der Waals surface area contributed by atoms with E-state index in [4.69, 9.17) is 9.47 Å². The number of hydrogen-bond donors (Lipinski definition) is 1. The zero-order valence-electron chi connectivity index (χ0n) is 16.6. The molecular formula is C22H21BrN4O3. The number of nitrogens with zero attached hydrogens (tertiary/aromatic N) is 3. The Labute approximate surface area is 182 Å². The third-order valence-corrected chi connectivity index (χ3v) is 5.29. The predicted molar refractivity (Wildman–Crippen MR) is 116 cm³/mol. The standard InChI is InChI=1S/C22H21BrN4O3/c1-3-29-18-10-9-16(23)11-17(18)20-19(14(2)26-22-24-13-25-27(20)22)21(28)30-12-15-7-5-4-6-8-15/h4-11,13,20H,3,12H2,1-2H3,(H,24,25,26). The maximum Gasteiger partial charge on any atom is 0.338 e. The number of ether oxygens (including phenoxy) is 2. The molecule has 0 bridgehead atoms. The molecule has 2 heterocycles. The van der Waals surface area contributed by atoms with Crippen molar-refractivity contribution in [2.45, 2.75) is 26.5 Å². The molecule has 0 saturated carbocycles. The van der Waals surface area contributed by atoms with Gasteiger partial charge in [0, 0.05) is 15.7 Å². The van der Waals surface area contributed by atoms with Gasteiger partial charge in [-0.2, -0.15) is 10.1 Å². The lowest BCUT2D eigenvalue weighted by Gasteiger charge is -2.29. The normalized spacial score (nSPS) is 15.4. The van der Waals surface area contributed by atoms with Crippen molar-refractivity contribution < 1.29 is 14.3 Å². The molecule has 0 radical (unpaired) electrons. The zero-order valence-corrected chi connectivity index (χ0v) is 18.2. The van der Waals surface area contributed by atoms with Crippen LogP contribution in [0.2, 0.25) is 0 Å². The van der Waals surface area contributed by atoms with Crippen LogP contribution in [0, 0.1) is 0 Å². The SMILES string of the molecule is CCOc1ccc(Br)cc1C1C(C(=O)OCc2ccccc2)=C(C)Nc2ncnn21. The van der Waals surface area contributed by atoms with Crippen LogP contribution in [0.5, 0.6) is 5.75 Å². The summed E-state index contributed by atoms with van der Waals surface area (Å²) in [6.07, 6.45) is 1.46. The summed E-state index contributed by atoms with van der Waals surface area (Å²) in [4.78, 5) is 17.5. The Kier molecular flexibility index (Phi) is 5.85. The maximum atomic E-state index is 13.2. The highest BCUT2D eigenvalue weighted by Crippen LogP contribution is 2.40. The van der Waals surface area contributed by atoms with Crippen molar-refractivity contribution in [2.24, 2.45) is 0 Å². The van der Waals surface area contributed by atoms with Gasteiger partial charge in [0.1, 0.15) is 24.7 Å². The quantitative estimate of drug-likeness (QED) is 0.537. The molecule has 0 saturated heterocycles. The Bertz CT molecular complexity index is 1090. The predicted octanol–water partition coefficient (Wildman–Crippen LogP) is 4.47. The molecule has 154 valence electrons. The summed E-state index contributed by atoms with van der Waals surface area (Å²) in [6, 6.07) is 14.8. The van der Waals surface area contributed by atoms with E-state index in [2.05, 4.69) is 31.3 Å². The molecule has 0 aliphatic carbocycles. The highest BCUT2D eigenvalue weighted by atomic mass is 79.9. The van der Waals surface area contributed by atoms with Gasteiger partial charge in [0.2, 0.25) is 5.95 Å². The summed E-state index contributed by atoms with van der Waals surface area (Å²) in [7, 11) is 0. The van der Waals surface area contributed by atoms with Crippen LogP contribution in [0.25, 0.3) is 0 Å². The average molecular weight is 469 g/mol. The van der Waals surface area contributed by atoms with Gasteiger partial charge in [-0.05, 0) is 37.6 Å². The first-order valence-corrected chi connectivity index (χ1v) is 10.4. The Balaban J connectivity index is 1.74. The molecular weight excluding hydrogens is 448 g/mol. The molecule has 2 aromatic carbocycles. The van der Waals surface area contributed by atoms with E-state index in [0.717, 1.165) is 15.6 Å². The molecule has 0 spiro atoms. The van der Waals surface area contributed by atoms with Gasteiger partial charge in [-0.25, -0.2) is 9.48 Å². The number of nitrogens with one attached hydrogen (secondary N) is 1. The van der Waals surface area contributed by atoms with E-state index in [1.165, 1.54) is 6.33 Å². The van der Waals surface area contributed by atoms with E-state index in [-0.39, 0.29) is 6.61 Å². The highest BCUT2D eigenvalue weighted by Gasteiger charge is 2.36. The molecule has 8 heteroatoms. The lowest BCUT2D eigenvalue weighted by Crippen LogP contribution is -2.30. The fourth-order valence-corrected chi connectivity index (χ4v) is 3.84. The summed E-state index contributed by atoms with van der Waals surface area (Å²) in [5.41, 5.74) is 2.85. The number of fused-ring (bicyclic) bond motifs is 1. The molecule has 1 aliphatic rings. The largest absolute Gasteiger partial charge is 0.494 e. The zero-order chi connectivity index (χ0) is 21.1. The van der Waals surface area contributed by atoms with Crippen molar-refractivity contribution in [3.05, 3.63) is 81.7 Å². The monoisotopic (exact) mass is 468 g/mol. The van der Waals surface area contributed by atoms with Crippen LogP contribution in [0.15, 0.2) is 70.6 Å². The maximum absolute atomic E-state index is 13.2. The van der Waals surface area contributed by atoms with Crippen LogP contribution in [-0.4, -0.2) is 27.3 Å². The van der Waals surface area contributed by atoms with Crippen molar-refractivity contribution >= 4 is 27.8 Å². The topological polar surface area (TPSA) is 78.3 Å². The Morgan fingerprint density at radius 2 is 2.03 bits per heavy atom. The van der Waals surface area contributed by atoms with E-state index in [1.54, 1.807) is 4.68 Å². The summed E-state index contributed by atoms with van der Waals surface area (Å²) < 4.78 is 14.1. The summed E-state index contributed by atoms with van der Waals surface area (Å²) in [5.74, 6) is 0.812. The summed E-state index contributed by atoms with van der Waals surface area (Å²) in [5, 5.41) is 7.51. The second-order valence-corrected chi connectivity index (χ2v) is 7.69. The number of hydrogen-bond acceptors (Lipinski definition) is 6. The molecule has 4 rings (SSSR count). The lowest BCUT2D eigenvalue weighted by atomic mass is 9.95. The number of aromatic nitrogens is 3. The molecule has 3 aromatic rings. The van der Waals surface area contributed by atoms with Crippen LogP contribution >= 0.6 is 15.9 Å². The molecule has 1 N–H and O–H groups in total. The van der Waals surface area contributed by atoms with Crippen molar-refractivity contribution in [1.29, 1.82) is 0 Å². The number of carbonyl (C=O) groups excluding carboxylic acids is 1. The minimum atomic E-state index is -0.536. The first kappa shape index (κ1) is 20.2. The smallest absolute Gasteiger partial charge is 0.338 e. The van der Waals surface area contributed by atoms with Crippen LogP contribution in [0.4, 0.5) is 5.95 Å². The van der Waals surface area contributed by atoms with Crippen molar-refractivity contribution in [2.75, 3.05) is 11.9 Å². The van der Waals surface area contributed by atoms with Gasteiger partial charge in [-0.3, -0.25) is 0 Å². The number of carbonyl (C=O) groups is 1. The summed E-state index contributed by atoms with van der Waals surface area (Å²) >= 11 is 3.53. The second-order valence-electron chi connectivity index (χ2n) is 6.77. The van der Waals surface area contributed by atoms with E-state index in [0.29, 0.717) is 29.6 Å². The fourth-order valence-electron chi connectivity index (χ4n) is 3.46. The van der Waals surface area contributed by atoms with Gasteiger partial charge in [0.15, 0.2) is 0 Å². The van der Waals surface area contributed by atoms with E-state index < -0.39 is 12.0 Å². The minimum Gasteiger partial charge on any atom is -0.494 e. The van der Waals surface area contributed by atoms with Crippen LogP contribution in [-0.2, 0) is 16.1 Å². The van der Waals surface area contributed by atoms with Crippen LogP contribution in [0.1, 0.15) is 31.0 Å². The minimum absolute atomic E-state index is 0.185. The number of allylic oxidation sites excluding steroid dienone is 1. The van der Waals surface area contributed by atoms with Gasteiger partial charge in [-0.15, -0.1) is 0 Å². The molecule has 30 heavy (non-hydrogen) atoms. The van der Waals surface area contributed by atoms with Crippen molar-refractivity contribution in [3.8, 4) is 5.75 Å². The van der Waals surface area contributed by atoms with Gasteiger partial charge < -0.3 is 14.8 Å². The highest BCUT2D eigenvalue weighted by molar-refractivity contribution is 9.10. The van der Waals surface area contributed by atoms with E-state index >= 15 is 0 Å². The third-order valence-electron chi connectivity index (χ3n) is 4.79. The molecule has 1 atom stereocenters. The molecule has 1 aliphatic heterocycles. The first-order chi connectivity index (χ1) is 14.6. The Morgan fingerprint density at radius 1 is 1.23 bits per heavy atom. The number of benzene rings is 2. The van der Waals surface area contributed by atoms with Crippen LogP contribution < -0.4 is 10.1 Å². The number of rotatable bonds is 6. The number of halogens is 1. The third kappa shape index (κ3) is 3.95. The first-order valence-electron chi connectivity index (χ1n) is 9.59.